The van der Waals surface area contributed by atoms with Gasteiger partial charge >= 0.3 is 12.0 Å². The number of aliphatic hydroxyl groups excluding tert-OH is 1. The number of piperidine rings is 1. The lowest BCUT2D eigenvalue weighted by Gasteiger charge is -2.34. The van der Waals surface area contributed by atoms with Crippen molar-refractivity contribution in [2.24, 2.45) is 0 Å². The molecule has 0 spiro atoms. The first-order chi connectivity index (χ1) is 17.0. The summed E-state index contributed by atoms with van der Waals surface area (Å²) in [7, 11) is -3.57. The number of hydrogen-bond donors (Lipinski definition) is 7. The Bertz CT molecular complexity index is 1170. The highest BCUT2D eigenvalue weighted by atomic mass is 32.2. The number of anilines is 3. The van der Waals surface area contributed by atoms with Gasteiger partial charge in [-0.05, 0) is 54.8 Å². The molecular weight excluding hydrogens is 490 g/mol. The molecule has 13 heteroatoms. The van der Waals surface area contributed by atoms with E-state index in [9.17, 15) is 28.2 Å². The predicted molar refractivity (Wildman–Crippen MR) is 136 cm³/mol. The molecule has 0 radical (unpaired) electrons. The smallest absolute Gasteiger partial charge is 0.323 e. The Balaban J connectivity index is 1.45. The third-order valence-corrected chi connectivity index (χ3v) is 6.28. The average molecular weight is 522 g/mol. The molecule has 196 valence electrons. The number of rotatable bonds is 10. The number of phenols is 1. The zero-order valence-corrected chi connectivity index (χ0v) is 20.6. The van der Waals surface area contributed by atoms with E-state index in [0.717, 1.165) is 37.9 Å². The number of amides is 2. The molecule has 1 heterocycles. The number of sulfonamides is 1. The molecule has 0 saturated carbocycles. The van der Waals surface area contributed by atoms with Gasteiger partial charge in [-0.15, -0.1) is 0 Å². The van der Waals surface area contributed by atoms with Gasteiger partial charge in [0.2, 0.25) is 10.0 Å². The van der Waals surface area contributed by atoms with Crippen molar-refractivity contribution in [3.8, 4) is 5.75 Å². The third-order valence-electron chi connectivity index (χ3n) is 5.69. The van der Waals surface area contributed by atoms with Crippen molar-refractivity contribution in [1.82, 2.24) is 10.6 Å². The normalized spacial score (nSPS) is 15.2. The second-order valence-corrected chi connectivity index (χ2v) is 10.3. The van der Waals surface area contributed by atoms with Gasteiger partial charge in [0.25, 0.3) is 0 Å². The minimum Gasteiger partial charge on any atom is -0.506 e. The van der Waals surface area contributed by atoms with E-state index in [1.807, 2.05) is 12.1 Å². The van der Waals surface area contributed by atoms with Crippen LogP contribution in [0.4, 0.5) is 21.9 Å². The van der Waals surface area contributed by atoms with Crippen molar-refractivity contribution in [2.45, 2.75) is 25.0 Å². The van der Waals surface area contributed by atoms with Gasteiger partial charge in [-0.25, -0.2) is 13.2 Å². The number of nitrogens with zero attached hydrogens (tertiary/aromatic N) is 1. The molecule has 3 rings (SSSR count). The number of urea groups is 1. The number of carboxylic acids is 1. The van der Waals surface area contributed by atoms with Gasteiger partial charge in [0.15, 0.2) is 0 Å². The number of nitrogens with one attached hydrogen (secondary N) is 4. The van der Waals surface area contributed by atoms with Crippen molar-refractivity contribution < 1.29 is 33.3 Å². The van der Waals surface area contributed by atoms with Crippen molar-refractivity contribution in [2.75, 3.05) is 47.4 Å². The maximum absolute atomic E-state index is 11.7. The molecule has 36 heavy (non-hydrogen) atoms. The molecule has 0 unspecified atom stereocenters. The van der Waals surface area contributed by atoms with Crippen LogP contribution < -0.4 is 25.6 Å². The summed E-state index contributed by atoms with van der Waals surface area (Å²) in [6, 6.07) is 11.2. The van der Waals surface area contributed by atoms with E-state index < -0.39 is 34.7 Å². The van der Waals surface area contributed by atoms with Crippen molar-refractivity contribution in [1.29, 1.82) is 0 Å². The summed E-state index contributed by atoms with van der Waals surface area (Å²) in [5, 5.41) is 37.2. The second kappa shape index (κ2) is 11.9. The fourth-order valence-electron chi connectivity index (χ4n) is 3.87. The van der Waals surface area contributed by atoms with Crippen LogP contribution in [-0.2, 0) is 14.8 Å². The van der Waals surface area contributed by atoms with E-state index in [1.54, 1.807) is 18.2 Å². The number of aliphatic hydroxyl groups is 1. The molecule has 1 aliphatic rings. The first-order valence-electron chi connectivity index (χ1n) is 11.3. The number of carboxylic acid groups (broad SMARTS) is 1. The SMILES string of the molecule is CS(=O)(=O)Nc1cc([C@@H](O)CNC2CCN(c3ccc(NC(=O)NCC(=O)O)cc3)CC2)ccc1O. The van der Waals surface area contributed by atoms with Crippen LogP contribution in [0.5, 0.6) is 5.75 Å². The summed E-state index contributed by atoms with van der Waals surface area (Å²) in [5.41, 5.74) is 2.05. The molecule has 0 aliphatic carbocycles. The number of carbonyl (C=O) groups excluding carboxylic acids is 1. The molecule has 12 nitrogen and oxygen atoms in total. The number of phenolic OH excluding ortho intramolecular Hbond substituents is 1. The second-order valence-electron chi connectivity index (χ2n) is 8.58. The molecule has 1 aliphatic heterocycles. The fourth-order valence-corrected chi connectivity index (χ4v) is 4.43. The number of hydrogen-bond acceptors (Lipinski definition) is 8. The molecule has 0 aromatic heterocycles. The van der Waals surface area contributed by atoms with Gasteiger partial charge in [0.05, 0.1) is 18.0 Å². The lowest BCUT2D eigenvalue weighted by Crippen LogP contribution is -2.43. The molecule has 2 aromatic carbocycles. The predicted octanol–water partition coefficient (Wildman–Crippen LogP) is 1.26. The van der Waals surface area contributed by atoms with Gasteiger partial charge in [-0.2, -0.15) is 0 Å². The highest BCUT2D eigenvalue weighted by Gasteiger charge is 2.21. The number of benzene rings is 2. The number of aliphatic carboxylic acids is 1. The molecular formula is C23H31N5O7S. The summed E-state index contributed by atoms with van der Waals surface area (Å²) < 4.78 is 25.2. The molecule has 0 bridgehead atoms. The number of carbonyl (C=O) groups is 2. The van der Waals surface area contributed by atoms with Gasteiger partial charge in [0.1, 0.15) is 12.3 Å². The van der Waals surface area contributed by atoms with Gasteiger partial charge < -0.3 is 36.2 Å². The van der Waals surface area contributed by atoms with Crippen LogP contribution in [0, 0.1) is 0 Å². The molecule has 1 fully saturated rings. The number of aromatic hydroxyl groups is 1. The van der Waals surface area contributed by atoms with Crippen molar-refractivity contribution in [3.63, 3.8) is 0 Å². The summed E-state index contributed by atoms with van der Waals surface area (Å²) >= 11 is 0. The van der Waals surface area contributed by atoms with E-state index in [-0.39, 0.29) is 24.0 Å². The Kier molecular flexibility index (Phi) is 8.96. The molecule has 2 amide bonds. The van der Waals surface area contributed by atoms with E-state index in [1.165, 1.54) is 12.1 Å². The summed E-state index contributed by atoms with van der Waals surface area (Å²) in [6.45, 7) is 1.40. The minimum atomic E-state index is -3.57. The molecule has 7 N–H and O–H groups in total. The Labute approximate surface area is 209 Å². The summed E-state index contributed by atoms with van der Waals surface area (Å²) in [5.74, 6) is -1.34. The standard InChI is InChI=1S/C23H31N5O7S/c1-36(34,35)27-19-12-15(2-7-20(19)29)21(30)13-24-16-8-10-28(11-9-16)18-5-3-17(4-6-18)26-23(33)25-14-22(31)32/h2-7,12,16,21,24,27,29-30H,8-11,13-14H2,1H3,(H,31,32)(H2,25,26,33)/t21-/m0/s1. The van der Waals surface area contributed by atoms with E-state index in [4.69, 9.17) is 5.11 Å². The Morgan fingerprint density at radius 3 is 2.39 bits per heavy atom. The maximum Gasteiger partial charge on any atom is 0.323 e. The van der Waals surface area contributed by atoms with Crippen LogP contribution in [0.3, 0.4) is 0 Å². The van der Waals surface area contributed by atoms with E-state index >= 15 is 0 Å². The summed E-state index contributed by atoms with van der Waals surface area (Å²) in [6.07, 6.45) is 1.80. The largest absolute Gasteiger partial charge is 0.506 e. The average Bonchev–Trinajstić information content (AvgIpc) is 2.82. The maximum atomic E-state index is 11.7. The van der Waals surface area contributed by atoms with Gasteiger partial charge in [-0.3, -0.25) is 9.52 Å². The van der Waals surface area contributed by atoms with E-state index in [2.05, 4.69) is 25.6 Å². The Hall–Kier alpha value is -3.55. The van der Waals surface area contributed by atoms with E-state index in [0.29, 0.717) is 11.3 Å². The monoisotopic (exact) mass is 521 g/mol. The van der Waals surface area contributed by atoms with Crippen LogP contribution in [0.2, 0.25) is 0 Å². The first kappa shape index (κ1) is 27.0. The third kappa shape index (κ3) is 8.29. The summed E-state index contributed by atoms with van der Waals surface area (Å²) in [4.78, 5) is 24.4. The quantitative estimate of drug-likeness (QED) is 0.227. The van der Waals surface area contributed by atoms with Gasteiger partial charge in [-0.1, -0.05) is 6.07 Å². The lowest BCUT2D eigenvalue weighted by atomic mass is 10.0. The lowest BCUT2D eigenvalue weighted by molar-refractivity contribution is -0.135. The van der Waals surface area contributed by atoms with Crippen LogP contribution in [0.15, 0.2) is 42.5 Å². The zero-order valence-electron chi connectivity index (χ0n) is 19.8. The highest BCUT2D eigenvalue weighted by molar-refractivity contribution is 7.92. The molecule has 1 atom stereocenters. The topological polar surface area (TPSA) is 180 Å². The van der Waals surface area contributed by atoms with Crippen molar-refractivity contribution >= 4 is 39.1 Å². The first-order valence-corrected chi connectivity index (χ1v) is 13.2. The molecule has 1 saturated heterocycles. The minimum absolute atomic E-state index is 0.0180. The van der Waals surface area contributed by atoms with Crippen LogP contribution in [0.1, 0.15) is 24.5 Å². The van der Waals surface area contributed by atoms with Crippen molar-refractivity contribution in [3.05, 3.63) is 48.0 Å². The Morgan fingerprint density at radius 2 is 1.78 bits per heavy atom. The Morgan fingerprint density at radius 1 is 1.11 bits per heavy atom. The van der Waals surface area contributed by atoms with Crippen LogP contribution in [0.25, 0.3) is 0 Å². The molecule has 2 aromatic rings. The highest BCUT2D eigenvalue weighted by Crippen LogP contribution is 2.28. The van der Waals surface area contributed by atoms with Gasteiger partial charge in [0, 0.05) is 37.1 Å². The zero-order chi connectivity index (χ0) is 26.3. The fraction of sp³-hybridized carbons (Fsp3) is 0.391. The van der Waals surface area contributed by atoms with Crippen LogP contribution >= 0.6 is 0 Å². The van der Waals surface area contributed by atoms with Crippen LogP contribution in [-0.4, -0.2) is 74.2 Å².